The zero-order valence-corrected chi connectivity index (χ0v) is 18.3. The Morgan fingerprint density at radius 2 is 1.63 bits per heavy atom. The molecule has 162 valence electrons. The van der Waals surface area contributed by atoms with Crippen LogP contribution in [-0.4, -0.2) is 47.0 Å². The number of aryl methyl sites for hydroxylation is 1. The number of benzene rings is 2. The molecular weight excluding hydrogens is 428 g/mol. The molecule has 0 radical (unpaired) electrons. The molecule has 1 fully saturated rings. The number of sulfonamides is 1. The van der Waals surface area contributed by atoms with Gasteiger partial charge in [-0.3, -0.25) is 0 Å². The van der Waals surface area contributed by atoms with E-state index in [1.165, 1.54) is 42.5 Å². The van der Waals surface area contributed by atoms with Crippen molar-refractivity contribution in [1.29, 1.82) is 0 Å². The second-order valence-electron chi connectivity index (χ2n) is 7.15. The molecular formula is C20H24N2O6S2. The first-order valence-electron chi connectivity index (χ1n) is 9.40. The van der Waals surface area contributed by atoms with Crippen LogP contribution in [0.5, 0.6) is 0 Å². The maximum atomic E-state index is 13.1. The molecule has 0 saturated carbocycles. The van der Waals surface area contributed by atoms with Gasteiger partial charge in [-0.2, -0.15) is 0 Å². The molecule has 0 unspecified atom stereocenters. The number of ether oxygens (including phenoxy) is 1. The minimum Gasteiger partial charge on any atom is -0.411 e. The van der Waals surface area contributed by atoms with Crippen LogP contribution in [0.2, 0.25) is 0 Å². The van der Waals surface area contributed by atoms with Gasteiger partial charge in [-0.25, -0.2) is 21.6 Å². The van der Waals surface area contributed by atoms with Crippen molar-refractivity contribution in [2.24, 2.45) is 5.16 Å². The summed E-state index contributed by atoms with van der Waals surface area (Å²) in [7, 11) is -7.83. The summed E-state index contributed by atoms with van der Waals surface area (Å²) in [6.07, 6.45) is 1.14. The van der Waals surface area contributed by atoms with Crippen LogP contribution < -0.4 is 4.72 Å². The third kappa shape index (κ3) is 4.72. The number of nitrogens with one attached hydrogen (secondary N) is 1. The number of hydrogen-bond donors (Lipinski definition) is 2. The van der Waals surface area contributed by atoms with Gasteiger partial charge in [0.05, 0.1) is 20.4 Å². The summed E-state index contributed by atoms with van der Waals surface area (Å²) in [4.78, 5) is -0.155. The van der Waals surface area contributed by atoms with Crippen LogP contribution in [-0.2, 0) is 24.6 Å². The van der Waals surface area contributed by atoms with Crippen LogP contribution in [0.3, 0.4) is 0 Å². The average molecular weight is 453 g/mol. The van der Waals surface area contributed by atoms with Crippen molar-refractivity contribution < 1.29 is 26.8 Å². The molecule has 0 bridgehead atoms. The predicted octanol–water partition coefficient (Wildman–Crippen LogP) is 2.48. The molecule has 10 heteroatoms. The second kappa shape index (κ2) is 8.84. The van der Waals surface area contributed by atoms with Crippen LogP contribution in [0.25, 0.3) is 0 Å². The summed E-state index contributed by atoms with van der Waals surface area (Å²) in [5.74, 6) is 0. The summed E-state index contributed by atoms with van der Waals surface area (Å²) >= 11 is 0. The number of oxime groups is 1. The lowest BCUT2D eigenvalue weighted by Gasteiger charge is -2.23. The van der Waals surface area contributed by atoms with Crippen LogP contribution >= 0.6 is 0 Å². The minimum atomic E-state index is -3.94. The molecule has 2 N–H and O–H groups in total. The molecule has 1 heterocycles. The monoisotopic (exact) mass is 452 g/mol. The predicted molar refractivity (Wildman–Crippen MR) is 111 cm³/mol. The maximum absolute atomic E-state index is 13.1. The molecule has 2 aromatic carbocycles. The van der Waals surface area contributed by atoms with Gasteiger partial charge in [0.15, 0.2) is 0 Å². The van der Waals surface area contributed by atoms with E-state index in [-0.39, 0.29) is 20.7 Å². The molecule has 30 heavy (non-hydrogen) atoms. The van der Waals surface area contributed by atoms with Crippen LogP contribution in [0, 0.1) is 6.92 Å². The van der Waals surface area contributed by atoms with Crippen molar-refractivity contribution in [2.75, 3.05) is 13.2 Å². The van der Waals surface area contributed by atoms with E-state index in [2.05, 4.69) is 9.88 Å². The van der Waals surface area contributed by atoms with E-state index < -0.39 is 19.9 Å². The fraction of sp³-hybridized carbons (Fsp3) is 0.350. The van der Waals surface area contributed by atoms with E-state index in [9.17, 15) is 16.8 Å². The molecule has 0 aromatic heterocycles. The quantitative estimate of drug-likeness (QED) is 0.394. The Bertz CT molecular complexity index is 1150. The lowest BCUT2D eigenvalue weighted by Crippen LogP contribution is -2.39. The third-order valence-corrected chi connectivity index (χ3v) is 8.46. The van der Waals surface area contributed by atoms with Gasteiger partial charge in [0.1, 0.15) is 0 Å². The Morgan fingerprint density at radius 1 is 1.03 bits per heavy atom. The highest BCUT2D eigenvalue weighted by molar-refractivity contribution is 7.91. The second-order valence-corrected chi connectivity index (χ2v) is 10.8. The summed E-state index contributed by atoms with van der Waals surface area (Å²) < 4.78 is 59.8. The highest BCUT2D eigenvalue weighted by atomic mass is 32.2. The number of nitrogens with zero attached hydrogens (tertiary/aromatic N) is 1. The Morgan fingerprint density at radius 3 is 2.23 bits per heavy atom. The van der Waals surface area contributed by atoms with E-state index >= 15 is 0 Å². The lowest BCUT2D eigenvalue weighted by molar-refractivity contribution is 0.0832. The van der Waals surface area contributed by atoms with Crippen molar-refractivity contribution in [2.45, 2.75) is 47.4 Å². The van der Waals surface area contributed by atoms with Crippen LogP contribution in [0.1, 0.15) is 30.9 Å². The van der Waals surface area contributed by atoms with Crippen molar-refractivity contribution in [1.82, 2.24) is 4.72 Å². The Hall–Kier alpha value is -2.27. The van der Waals surface area contributed by atoms with Crippen molar-refractivity contribution in [3.63, 3.8) is 0 Å². The Labute approximate surface area is 176 Å². The van der Waals surface area contributed by atoms with Crippen LogP contribution in [0.4, 0.5) is 0 Å². The normalized spacial score (nSPS) is 16.5. The fourth-order valence-corrected chi connectivity index (χ4v) is 6.14. The van der Waals surface area contributed by atoms with Gasteiger partial charge in [-0.1, -0.05) is 23.4 Å². The molecule has 0 atom stereocenters. The van der Waals surface area contributed by atoms with Gasteiger partial charge < -0.3 is 9.94 Å². The third-order valence-electron chi connectivity index (χ3n) is 5.03. The molecule has 3 rings (SSSR count). The number of rotatable bonds is 6. The molecule has 1 aliphatic rings. The Kier molecular flexibility index (Phi) is 6.61. The average Bonchev–Trinajstić information content (AvgIpc) is 2.73. The molecule has 2 aromatic rings. The first kappa shape index (κ1) is 22.4. The van der Waals surface area contributed by atoms with Gasteiger partial charge in [0, 0.05) is 19.3 Å². The first-order valence-corrected chi connectivity index (χ1v) is 12.4. The fourth-order valence-electron chi connectivity index (χ4n) is 3.20. The van der Waals surface area contributed by atoms with Gasteiger partial charge in [0.25, 0.3) is 0 Å². The van der Waals surface area contributed by atoms with Crippen molar-refractivity contribution in [3.05, 3.63) is 53.6 Å². The summed E-state index contributed by atoms with van der Waals surface area (Å²) in [6, 6.07) is 9.69. The zero-order valence-electron chi connectivity index (χ0n) is 16.7. The smallest absolute Gasteiger partial charge is 0.241 e. The van der Waals surface area contributed by atoms with E-state index in [1.54, 1.807) is 13.8 Å². The summed E-state index contributed by atoms with van der Waals surface area (Å²) in [6.45, 7) is 4.18. The molecule has 0 amide bonds. The molecule has 0 spiro atoms. The first-order chi connectivity index (χ1) is 14.1. The van der Waals surface area contributed by atoms with E-state index in [4.69, 9.17) is 9.94 Å². The Balaban J connectivity index is 1.95. The van der Waals surface area contributed by atoms with E-state index in [0.29, 0.717) is 42.9 Å². The molecule has 1 aliphatic heterocycles. The van der Waals surface area contributed by atoms with E-state index in [1.807, 2.05) is 0 Å². The van der Waals surface area contributed by atoms with Crippen molar-refractivity contribution >= 4 is 25.6 Å². The summed E-state index contributed by atoms with van der Waals surface area (Å²) in [5.41, 5.74) is 1.38. The molecule has 0 aliphatic carbocycles. The summed E-state index contributed by atoms with van der Waals surface area (Å²) in [5, 5.41) is 11.9. The van der Waals surface area contributed by atoms with Gasteiger partial charge in [-0.05, 0) is 62.1 Å². The SMILES string of the molecule is C/C(=N/O)c1ccc(S(=O)(=O)c2ccc(C)c(S(=O)(=O)NC3CCOCC3)c2)cc1. The molecule has 1 saturated heterocycles. The van der Waals surface area contributed by atoms with Gasteiger partial charge >= 0.3 is 0 Å². The highest BCUT2D eigenvalue weighted by Gasteiger charge is 2.26. The standard InChI is InChI=1S/C20H24N2O6S2/c1-14-3-6-19(13-20(14)30(26,27)22-17-9-11-28-12-10-17)29(24,25)18-7-4-16(5-8-18)15(2)21-23/h3-8,13,17,22-23H,9-12H2,1-2H3/b21-15-. The lowest BCUT2D eigenvalue weighted by atomic mass is 10.1. The topological polar surface area (TPSA) is 122 Å². The largest absolute Gasteiger partial charge is 0.411 e. The van der Waals surface area contributed by atoms with Gasteiger partial charge in [0.2, 0.25) is 19.9 Å². The molecule has 8 nitrogen and oxygen atoms in total. The van der Waals surface area contributed by atoms with E-state index in [0.717, 1.165) is 0 Å². The van der Waals surface area contributed by atoms with Crippen LogP contribution in [0.15, 0.2) is 62.3 Å². The number of sulfone groups is 1. The minimum absolute atomic E-state index is 0.0154. The number of hydrogen-bond acceptors (Lipinski definition) is 7. The maximum Gasteiger partial charge on any atom is 0.241 e. The zero-order chi connectivity index (χ0) is 21.9. The van der Waals surface area contributed by atoms with Gasteiger partial charge in [-0.15, -0.1) is 0 Å². The highest BCUT2D eigenvalue weighted by Crippen LogP contribution is 2.26. The van der Waals surface area contributed by atoms with Crippen molar-refractivity contribution in [3.8, 4) is 0 Å².